The fraction of sp³-hybridized carbons (Fsp3) is 0.500. The van der Waals surface area contributed by atoms with Gasteiger partial charge in [0.05, 0.1) is 19.3 Å². The fourth-order valence-corrected chi connectivity index (χ4v) is 5.98. The Kier molecular flexibility index (Phi) is 7.66. The van der Waals surface area contributed by atoms with Crippen LogP contribution < -0.4 is 5.32 Å². The Hall–Kier alpha value is -2.69. The van der Waals surface area contributed by atoms with Gasteiger partial charge in [0, 0.05) is 59.6 Å². The van der Waals surface area contributed by atoms with Crippen molar-refractivity contribution in [2.24, 2.45) is 0 Å². The number of halogens is 5. The van der Waals surface area contributed by atoms with Crippen molar-refractivity contribution >= 4 is 16.6 Å². The number of nitrogens with one attached hydrogen (secondary N) is 2. The highest BCUT2D eigenvalue weighted by Gasteiger charge is 2.43. The second-order valence-corrected chi connectivity index (χ2v) is 10.5. The lowest BCUT2D eigenvalue weighted by molar-refractivity contribution is -0.0869. The van der Waals surface area contributed by atoms with E-state index >= 15 is 8.78 Å². The Morgan fingerprint density at radius 3 is 2.61 bits per heavy atom. The number of alkyl halides is 3. The monoisotopic (exact) mass is 536 g/mol. The number of aromatic amines is 1. The zero-order chi connectivity index (χ0) is 27.0. The molecule has 0 saturated carbocycles. The van der Waals surface area contributed by atoms with E-state index in [1.54, 1.807) is 6.92 Å². The van der Waals surface area contributed by atoms with E-state index in [1.165, 1.54) is 17.0 Å². The number of hydrogen-bond donors (Lipinski definition) is 3. The Balaban J connectivity index is 1.51. The van der Waals surface area contributed by atoms with Crippen LogP contribution in [0.2, 0.25) is 0 Å². The molecule has 3 N–H and O–H groups in total. The second-order valence-electron chi connectivity index (χ2n) is 10.5. The van der Waals surface area contributed by atoms with Crippen LogP contribution in [0.3, 0.4) is 0 Å². The zero-order valence-corrected chi connectivity index (χ0v) is 21.3. The summed E-state index contributed by atoms with van der Waals surface area (Å²) < 4.78 is 73.0. The summed E-state index contributed by atoms with van der Waals surface area (Å²) in [4.78, 5) is 6.72. The van der Waals surface area contributed by atoms with Crippen LogP contribution in [0.1, 0.15) is 42.6 Å². The van der Waals surface area contributed by atoms with Gasteiger partial charge < -0.3 is 20.3 Å². The Labute approximate surface area is 218 Å². The molecule has 0 amide bonds. The summed E-state index contributed by atoms with van der Waals surface area (Å²) in [6.45, 7) is 1.22. The molecule has 5 rings (SSSR count). The van der Waals surface area contributed by atoms with Gasteiger partial charge in [-0.1, -0.05) is 18.2 Å². The normalized spacial score (nSPS) is 22.8. The third kappa shape index (κ3) is 5.26. The Morgan fingerprint density at radius 1 is 1.16 bits per heavy atom. The first-order valence-corrected chi connectivity index (χ1v) is 13.1. The maximum absolute atomic E-state index is 15.8. The number of likely N-dealkylation sites (tertiary alicyclic amines) is 1. The first-order valence-electron chi connectivity index (χ1n) is 13.1. The van der Waals surface area contributed by atoms with Crippen LogP contribution in [0.15, 0.2) is 36.4 Å². The third-order valence-electron chi connectivity index (χ3n) is 7.77. The van der Waals surface area contributed by atoms with Crippen LogP contribution in [-0.2, 0) is 6.42 Å². The molecule has 0 radical (unpaired) electrons. The number of fused-ring (bicyclic) bond motifs is 3. The number of nitrogens with zero attached hydrogens (tertiary/aromatic N) is 2. The largest absolute Gasteiger partial charge is 0.390 e. The van der Waals surface area contributed by atoms with Crippen molar-refractivity contribution in [1.29, 1.82) is 0 Å². The second kappa shape index (κ2) is 10.8. The Bertz CT molecular complexity index is 1260. The van der Waals surface area contributed by atoms with E-state index < -0.39 is 42.8 Å². The molecule has 1 fully saturated rings. The van der Waals surface area contributed by atoms with Crippen LogP contribution >= 0.6 is 0 Å². The number of hydrogen-bond acceptors (Lipinski definition) is 4. The molecule has 0 unspecified atom stereocenters. The average molecular weight is 537 g/mol. The number of benzene rings is 2. The third-order valence-corrected chi connectivity index (χ3v) is 7.77. The van der Waals surface area contributed by atoms with Crippen molar-refractivity contribution in [2.45, 2.75) is 50.2 Å². The number of aromatic nitrogens is 1. The van der Waals surface area contributed by atoms with E-state index in [0.29, 0.717) is 31.6 Å². The van der Waals surface area contributed by atoms with E-state index in [1.807, 2.05) is 24.3 Å². The molecular weight excluding hydrogens is 503 g/mol. The molecule has 3 atom stereocenters. The SMILES string of the molecule is C[C@@H]1Cc2c([nH]c3ccccc23)[C@H](c2c(F)cc(N[C@H]3CCN(CCCF)C3)cc2F)N1CC(F)(F)CO. The van der Waals surface area contributed by atoms with Crippen molar-refractivity contribution < 1.29 is 27.1 Å². The lowest BCUT2D eigenvalue weighted by Crippen LogP contribution is -2.49. The van der Waals surface area contributed by atoms with E-state index in [4.69, 9.17) is 0 Å². The molecule has 1 saturated heterocycles. The van der Waals surface area contributed by atoms with Crippen molar-refractivity contribution in [2.75, 3.05) is 44.8 Å². The molecule has 0 bridgehead atoms. The molecule has 3 aromatic rings. The summed E-state index contributed by atoms with van der Waals surface area (Å²) in [5.41, 5.74) is 2.06. The summed E-state index contributed by atoms with van der Waals surface area (Å²) in [6, 6.07) is 8.26. The van der Waals surface area contributed by atoms with Gasteiger partial charge in [-0.3, -0.25) is 9.29 Å². The molecule has 0 spiro atoms. The van der Waals surface area contributed by atoms with Crippen LogP contribution in [0.4, 0.5) is 27.6 Å². The molecule has 1 aromatic heterocycles. The first kappa shape index (κ1) is 26.9. The van der Waals surface area contributed by atoms with Gasteiger partial charge in [-0.25, -0.2) is 17.6 Å². The standard InChI is InChI=1S/C28H33F5N4O/c1-17-11-21-20-5-2-3-6-24(20)35-26(21)27(37(17)15-28(32,33)16-38)25-22(30)12-19(13-23(25)31)34-18-7-10-36(14-18)9-4-8-29/h2-3,5-6,12-13,17-18,27,34-35,38H,4,7-11,14-16H2,1H3/t17-,18+,27+/m1/s1. The molecule has 10 heteroatoms. The van der Waals surface area contributed by atoms with E-state index in [9.17, 15) is 18.3 Å². The topological polar surface area (TPSA) is 54.5 Å². The fourth-order valence-electron chi connectivity index (χ4n) is 5.98. The number of para-hydroxylation sites is 1. The van der Waals surface area contributed by atoms with Crippen LogP contribution in [0, 0.1) is 11.6 Å². The maximum atomic E-state index is 15.8. The summed E-state index contributed by atoms with van der Waals surface area (Å²) in [6.07, 6.45) is 1.63. The number of rotatable bonds is 9. The smallest absolute Gasteiger partial charge is 0.283 e. The summed E-state index contributed by atoms with van der Waals surface area (Å²) in [5.74, 6) is -5.11. The van der Waals surface area contributed by atoms with Gasteiger partial charge in [0.25, 0.3) is 5.92 Å². The molecule has 206 valence electrons. The number of anilines is 1. The molecule has 38 heavy (non-hydrogen) atoms. The van der Waals surface area contributed by atoms with Gasteiger partial charge in [-0.15, -0.1) is 0 Å². The van der Waals surface area contributed by atoms with Crippen LogP contribution in [0.5, 0.6) is 0 Å². The van der Waals surface area contributed by atoms with E-state index in [2.05, 4.69) is 15.2 Å². The van der Waals surface area contributed by atoms with Crippen molar-refractivity contribution in [3.8, 4) is 0 Å². The lowest BCUT2D eigenvalue weighted by Gasteiger charge is -2.42. The highest BCUT2D eigenvalue weighted by atomic mass is 19.3. The van der Waals surface area contributed by atoms with Crippen LogP contribution in [-0.4, -0.2) is 77.4 Å². The number of H-pyrrole nitrogens is 1. The molecule has 3 heterocycles. The van der Waals surface area contributed by atoms with Crippen LogP contribution in [0.25, 0.3) is 10.9 Å². The number of aliphatic hydroxyl groups is 1. The minimum atomic E-state index is -3.44. The van der Waals surface area contributed by atoms with E-state index in [-0.39, 0.29) is 24.0 Å². The molecular formula is C28H33F5N4O. The van der Waals surface area contributed by atoms with E-state index in [0.717, 1.165) is 29.4 Å². The minimum Gasteiger partial charge on any atom is -0.390 e. The van der Waals surface area contributed by atoms with Gasteiger partial charge in [0.15, 0.2) is 0 Å². The number of aliphatic hydroxyl groups excluding tert-OH is 1. The van der Waals surface area contributed by atoms with Gasteiger partial charge in [0.2, 0.25) is 0 Å². The molecule has 2 aromatic carbocycles. The maximum Gasteiger partial charge on any atom is 0.283 e. The van der Waals surface area contributed by atoms with Gasteiger partial charge in [0.1, 0.15) is 18.2 Å². The molecule has 0 aliphatic carbocycles. The predicted molar refractivity (Wildman–Crippen MR) is 137 cm³/mol. The predicted octanol–water partition coefficient (Wildman–Crippen LogP) is 5.26. The first-order chi connectivity index (χ1) is 18.2. The average Bonchev–Trinajstić information content (AvgIpc) is 3.48. The minimum absolute atomic E-state index is 0.0333. The van der Waals surface area contributed by atoms with Crippen molar-refractivity contribution in [3.63, 3.8) is 0 Å². The highest BCUT2D eigenvalue weighted by Crippen LogP contribution is 2.43. The summed E-state index contributed by atoms with van der Waals surface area (Å²) in [5, 5.41) is 13.3. The van der Waals surface area contributed by atoms with Gasteiger partial charge in [-0.2, -0.15) is 0 Å². The van der Waals surface area contributed by atoms with Gasteiger partial charge >= 0.3 is 0 Å². The lowest BCUT2D eigenvalue weighted by atomic mass is 9.87. The summed E-state index contributed by atoms with van der Waals surface area (Å²) in [7, 11) is 0. The quantitative estimate of drug-likeness (QED) is 0.327. The molecule has 2 aliphatic rings. The highest BCUT2D eigenvalue weighted by molar-refractivity contribution is 5.85. The van der Waals surface area contributed by atoms with Crippen molar-refractivity contribution in [1.82, 2.24) is 14.8 Å². The zero-order valence-electron chi connectivity index (χ0n) is 21.3. The molecule has 2 aliphatic heterocycles. The summed E-state index contributed by atoms with van der Waals surface area (Å²) >= 11 is 0. The molecule has 5 nitrogen and oxygen atoms in total. The van der Waals surface area contributed by atoms with Crippen molar-refractivity contribution in [3.05, 3.63) is 64.9 Å². The Morgan fingerprint density at radius 2 is 1.89 bits per heavy atom. The van der Waals surface area contributed by atoms with Gasteiger partial charge in [-0.05, 0) is 49.9 Å².